The monoisotopic (exact) mass is 503 g/mol. The van der Waals surface area contributed by atoms with Crippen LogP contribution in [-0.2, 0) is 0 Å². The van der Waals surface area contributed by atoms with E-state index in [0.29, 0.717) is 36.3 Å². The van der Waals surface area contributed by atoms with E-state index >= 15 is 0 Å². The largest absolute Gasteiger partial charge is 0.386 e. The van der Waals surface area contributed by atoms with E-state index in [4.69, 9.17) is 10.7 Å². The number of hydrogen-bond acceptors (Lipinski definition) is 9. The number of primary amides is 1. The molecule has 5 heterocycles. The maximum atomic E-state index is 12.6. The number of aliphatic hydroxyl groups is 1. The fourth-order valence-corrected chi connectivity index (χ4v) is 5.71. The van der Waals surface area contributed by atoms with E-state index in [1.807, 2.05) is 21.0 Å². The Morgan fingerprint density at radius 3 is 2.69 bits per heavy atom. The highest BCUT2D eigenvalue weighted by molar-refractivity contribution is 7.13. The first kappa shape index (κ1) is 21.6. The smallest absolute Gasteiger partial charge is 0.268 e. The molecule has 4 aromatic heterocycles. The maximum absolute atomic E-state index is 12.6. The average Bonchev–Trinajstić information content (AvgIpc) is 3.70. The van der Waals surface area contributed by atoms with Crippen LogP contribution >= 0.6 is 11.3 Å². The predicted molar refractivity (Wildman–Crippen MR) is 133 cm³/mol. The number of imidazole rings is 1. The summed E-state index contributed by atoms with van der Waals surface area (Å²) >= 11 is 1.45. The van der Waals surface area contributed by atoms with Gasteiger partial charge in [-0.2, -0.15) is 0 Å². The highest BCUT2D eigenvalue weighted by Gasteiger charge is 2.39. The van der Waals surface area contributed by atoms with Crippen molar-refractivity contribution in [2.24, 2.45) is 5.73 Å². The van der Waals surface area contributed by atoms with Gasteiger partial charge >= 0.3 is 0 Å². The lowest BCUT2D eigenvalue weighted by molar-refractivity contribution is 0.0310. The molecule has 2 aliphatic carbocycles. The minimum Gasteiger partial charge on any atom is -0.386 e. The summed E-state index contributed by atoms with van der Waals surface area (Å²) in [4.78, 5) is 28.6. The molecule has 3 N–H and O–H groups in total. The minimum atomic E-state index is -0.783. The topological polar surface area (TPSA) is 141 Å². The number of carbonyl (C=O) groups excluding carboxylic acids is 1. The molecule has 0 aromatic carbocycles. The Kier molecular flexibility index (Phi) is 4.61. The van der Waals surface area contributed by atoms with Gasteiger partial charge in [0.15, 0.2) is 10.8 Å². The number of thiazole rings is 1. The van der Waals surface area contributed by atoms with Crippen LogP contribution in [-0.4, -0.2) is 64.0 Å². The number of carbonyl (C=O) groups is 1. The molecule has 0 unspecified atom stereocenters. The number of anilines is 1. The summed E-state index contributed by atoms with van der Waals surface area (Å²) in [5.74, 6) is 0.559. The van der Waals surface area contributed by atoms with Crippen LogP contribution in [0.3, 0.4) is 0 Å². The number of rotatable bonds is 7. The number of amides is 1. The number of nitrogens with two attached hydrogens (primary N) is 1. The van der Waals surface area contributed by atoms with E-state index in [1.165, 1.54) is 11.3 Å². The number of nitrogens with zero attached hydrogens (tertiary/aromatic N) is 8. The third-order valence-corrected chi connectivity index (χ3v) is 7.83. The Morgan fingerprint density at radius 1 is 1.19 bits per heavy atom. The summed E-state index contributed by atoms with van der Waals surface area (Å²) in [5, 5.41) is 21.5. The van der Waals surface area contributed by atoms with Crippen LogP contribution in [0.1, 0.15) is 60.7 Å². The fourth-order valence-electron chi connectivity index (χ4n) is 4.92. The third kappa shape index (κ3) is 3.59. The molecule has 7 rings (SSSR count). The van der Waals surface area contributed by atoms with E-state index in [1.54, 1.807) is 25.8 Å². The van der Waals surface area contributed by atoms with E-state index in [-0.39, 0.29) is 5.69 Å². The van der Waals surface area contributed by atoms with E-state index in [2.05, 4.69) is 24.7 Å². The molecule has 0 atom stereocenters. The molecule has 3 aliphatic rings. The van der Waals surface area contributed by atoms with Crippen LogP contribution in [0.5, 0.6) is 0 Å². The molecule has 36 heavy (non-hydrogen) atoms. The van der Waals surface area contributed by atoms with Gasteiger partial charge in [-0.05, 0) is 32.6 Å². The van der Waals surface area contributed by atoms with Gasteiger partial charge in [0.05, 0.1) is 46.5 Å². The summed E-state index contributed by atoms with van der Waals surface area (Å²) in [7, 11) is 0. The Bertz CT molecular complexity index is 1490. The van der Waals surface area contributed by atoms with Crippen molar-refractivity contribution in [2.45, 2.75) is 50.2 Å². The molecular formula is C24H25N9O2S. The summed E-state index contributed by atoms with van der Waals surface area (Å²) < 4.78 is 4.00. The zero-order chi connectivity index (χ0) is 24.6. The second-order valence-electron chi connectivity index (χ2n) is 10.2. The molecule has 1 aliphatic heterocycles. The quantitative estimate of drug-likeness (QED) is 0.392. The molecule has 0 bridgehead atoms. The maximum Gasteiger partial charge on any atom is 0.268 e. The molecular weight excluding hydrogens is 478 g/mol. The summed E-state index contributed by atoms with van der Waals surface area (Å²) in [6, 6.07) is 0.412. The van der Waals surface area contributed by atoms with Crippen molar-refractivity contribution in [3.05, 3.63) is 41.8 Å². The van der Waals surface area contributed by atoms with Gasteiger partial charge in [-0.15, -0.1) is 21.5 Å². The average molecular weight is 504 g/mol. The Morgan fingerprint density at radius 2 is 2.00 bits per heavy atom. The van der Waals surface area contributed by atoms with Crippen LogP contribution in [0.15, 0.2) is 30.4 Å². The Hall–Kier alpha value is -3.64. The Labute approximate surface area is 210 Å². The van der Waals surface area contributed by atoms with Crippen molar-refractivity contribution in [3.63, 3.8) is 0 Å². The van der Waals surface area contributed by atoms with Crippen LogP contribution in [0, 0.1) is 0 Å². The van der Waals surface area contributed by atoms with Gasteiger partial charge in [-0.1, -0.05) is 0 Å². The van der Waals surface area contributed by atoms with E-state index in [0.717, 1.165) is 53.6 Å². The third-order valence-electron chi connectivity index (χ3n) is 6.99. The number of β-amino-alcohol motifs (C(OH)–C–C–N with tert-alkyl or cyclic N) is 1. The van der Waals surface area contributed by atoms with Crippen LogP contribution in [0.25, 0.3) is 27.8 Å². The number of hydrogen-bond donors (Lipinski definition) is 2. The van der Waals surface area contributed by atoms with Crippen LogP contribution in [0.4, 0.5) is 5.69 Å². The predicted octanol–water partition coefficient (Wildman–Crippen LogP) is 2.53. The van der Waals surface area contributed by atoms with Gasteiger partial charge in [-0.3, -0.25) is 4.79 Å². The molecule has 3 fully saturated rings. The molecule has 2 saturated carbocycles. The molecule has 4 aromatic rings. The molecule has 11 nitrogen and oxygen atoms in total. The second kappa shape index (κ2) is 7.68. The lowest BCUT2D eigenvalue weighted by Crippen LogP contribution is -2.60. The first-order valence-electron chi connectivity index (χ1n) is 12.1. The Balaban J connectivity index is 1.40. The van der Waals surface area contributed by atoms with Gasteiger partial charge < -0.3 is 24.9 Å². The highest BCUT2D eigenvalue weighted by atomic mass is 32.1. The van der Waals surface area contributed by atoms with E-state index < -0.39 is 11.5 Å². The number of aromatic nitrogens is 7. The van der Waals surface area contributed by atoms with Crippen molar-refractivity contribution in [3.8, 4) is 27.8 Å². The van der Waals surface area contributed by atoms with Crippen molar-refractivity contribution < 1.29 is 9.90 Å². The van der Waals surface area contributed by atoms with Gasteiger partial charge in [0.2, 0.25) is 0 Å². The first-order valence-corrected chi connectivity index (χ1v) is 13.0. The van der Waals surface area contributed by atoms with Crippen LogP contribution < -0.4 is 10.6 Å². The van der Waals surface area contributed by atoms with Crippen LogP contribution in [0.2, 0.25) is 0 Å². The SMILES string of the molecule is CC1(O)CN(c2cnc(C(N)=O)c(-c3csc(-c4nncn4C4CC4)n3)c2-n2cnc(C3CC3)c2)C1. The van der Waals surface area contributed by atoms with E-state index in [9.17, 15) is 9.90 Å². The zero-order valence-corrected chi connectivity index (χ0v) is 20.5. The standard InChI is InChI=1S/C24H25N9O2S/c1-24(35)9-32(10-24)17-6-26-19(21(25)34)18(20(17)31-7-15(27-11-31)13-2-3-13)16-8-36-23(29-16)22-30-28-12-33(22)14-4-5-14/h6-8,11-14,35H,2-5,9-10H2,1H3,(H2,25,34). The molecule has 12 heteroatoms. The first-order chi connectivity index (χ1) is 17.4. The number of pyridine rings is 1. The normalized spacial score (nSPS) is 18.9. The van der Waals surface area contributed by atoms with Crippen molar-refractivity contribution in [2.75, 3.05) is 18.0 Å². The van der Waals surface area contributed by atoms with Gasteiger partial charge in [0.25, 0.3) is 5.91 Å². The second-order valence-corrected chi connectivity index (χ2v) is 11.1. The lowest BCUT2D eigenvalue weighted by atomic mass is 9.95. The summed E-state index contributed by atoms with van der Waals surface area (Å²) in [5.41, 5.74) is 8.86. The molecule has 0 radical (unpaired) electrons. The van der Waals surface area contributed by atoms with Crippen molar-refractivity contribution in [1.29, 1.82) is 0 Å². The van der Waals surface area contributed by atoms with Gasteiger partial charge in [0.1, 0.15) is 12.0 Å². The highest BCUT2D eigenvalue weighted by Crippen LogP contribution is 2.44. The zero-order valence-electron chi connectivity index (χ0n) is 19.7. The minimum absolute atomic E-state index is 0.142. The summed E-state index contributed by atoms with van der Waals surface area (Å²) in [6.07, 6.45) is 11.7. The molecule has 1 saturated heterocycles. The van der Waals surface area contributed by atoms with Crippen molar-refractivity contribution in [1.82, 2.24) is 34.3 Å². The van der Waals surface area contributed by atoms with Crippen molar-refractivity contribution >= 4 is 22.9 Å². The van der Waals surface area contributed by atoms with Gasteiger partial charge in [-0.25, -0.2) is 15.0 Å². The lowest BCUT2D eigenvalue weighted by Gasteiger charge is -2.46. The molecule has 184 valence electrons. The van der Waals surface area contributed by atoms with Gasteiger partial charge in [0, 0.05) is 36.6 Å². The molecule has 1 amide bonds. The summed E-state index contributed by atoms with van der Waals surface area (Å²) in [6.45, 7) is 2.71. The fraction of sp³-hybridized carbons (Fsp3) is 0.417. The molecule has 0 spiro atoms.